The van der Waals surface area contributed by atoms with Crippen LogP contribution >= 0.6 is 0 Å². The maximum atomic E-state index is 9.67. The molecule has 1 aromatic heterocycles. The Kier molecular flexibility index (Phi) is 4.77. The quantitative estimate of drug-likeness (QED) is 0.849. The smallest absolute Gasteiger partial charge is 0.131 e. The second-order valence-electron chi connectivity index (χ2n) is 5.50. The normalized spacial score (nSPS) is 20.8. The van der Waals surface area contributed by atoms with Crippen molar-refractivity contribution < 1.29 is 5.11 Å². The van der Waals surface area contributed by atoms with E-state index in [1.165, 1.54) is 11.1 Å². The molecule has 19 heavy (non-hydrogen) atoms. The molecule has 0 aromatic carbocycles. The number of pyridine rings is 1. The van der Waals surface area contributed by atoms with Gasteiger partial charge in [0.1, 0.15) is 5.82 Å². The number of nitrogens with one attached hydrogen (secondary N) is 1. The number of hydrogen-bond donors (Lipinski definition) is 2. The molecule has 2 atom stereocenters. The summed E-state index contributed by atoms with van der Waals surface area (Å²) in [6.07, 6.45) is 2.79. The number of hydrogen-bond acceptors (Lipinski definition) is 4. The zero-order valence-electron chi connectivity index (χ0n) is 12.2. The number of aliphatic hydroxyl groups is 1. The van der Waals surface area contributed by atoms with Crippen LogP contribution in [0.4, 0.5) is 5.82 Å². The van der Waals surface area contributed by atoms with Gasteiger partial charge in [-0.1, -0.05) is 6.92 Å². The Balaban J connectivity index is 2.05. The van der Waals surface area contributed by atoms with Crippen LogP contribution in [0.2, 0.25) is 0 Å². The third-order valence-electron chi connectivity index (χ3n) is 3.89. The summed E-state index contributed by atoms with van der Waals surface area (Å²) in [6, 6.07) is 2.21. The van der Waals surface area contributed by atoms with E-state index in [1.807, 2.05) is 13.1 Å². The maximum absolute atomic E-state index is 9.67. The molecule has 2 unspecified atom stereocenters. The summed E-state index contributed by atoms with van der Waals surface area (Å²) in [7, 11) is 0. The van der Waals surface area contributed by atoms with Crippen LogP contribution in [0.1, 0.15) is 31.4 Å². The number of aromatic nitrogens is 1. The molecule has 0 amide bonds. The highest BCUT2D eigenvalue weighted by Gasteiger charge is 2.27. The summed E-state index contributed by atoms with van der Waals surface area (Å²) in [5.41, 5.74) is 2.45. The summed E-state index contributed by atoms with van der Waals surface area (Å²) < 4.78 is 0. The summed E-state index contributed by atoms with van der Waals surface area (Å²) in [6.45, 7) is 9.87. The van der Waals surface area contributed by atoms with E-state index >= 15 is 0 Å². The van der Waals surface area contributed by atoms with E-state index in [0.29, 0.717) is 5.92 Å². The predicted molar refractivity (Wildman–Crippen MR) is 78.4 cm³/mol. The molecule has 1 aromatic rings. The van der Waals surface area contributed by atoms with E-state index in [1.54, 1.807) is 0 Å². The maximum Gasteiger partial charge on any atom is 0.131 e. The van der Waals surface area contributed by atoms with Gasteiger partial charge in [0, 0.05) is 31.7 Å². The largest absolute Gasteiger partial charge is 0.393 e. The van der Waals surface area contributed by atoms with E-state index in [4.69, 9.17) is 0 Å². The van der Waals surface area contributed by atoms with Gasteiger partial charge >= 0.3 is 0 Å². The minimum absolute atomic E-state index is 0.224. The van der Waals surface area contributed by atoms with Gasteiger partial charge in [0.05, 0.1) is 6.10 Å². The molecular weight excluding hydrogens is 238 g/mol. The van der Waals surface area contributed by atoms with Gasteiger partial charge in [0.25, 0.3) is 0 Å². The fraction of sp³-hybridized carbons (Fsp3) is 0.667. The van der Waals surface area contributed by atoms with Crippen molar-refractivity contribution in [2.24, 2.45) is 5.92 Å². The lowest BCUT2D eigenvalue weighted by Gasteiger charge is -2.21. The minimum atomic E-state index is -0.224. The van der Waals surface area contributed by atoms with Crippen LogP contribution in [0.5, 0.6) is 0 Å². The fourth-order valence-electron chi connectivity index (χ4n) is 2.70. The SMILES string of the molecule is CCNCc1cnc(N2CCC(C(C)O)C2)c(C)c1. The summed E-state index contributed by atoms with van der Waals surface area (Å²) in [5, 5.41) is 13.0. The summed E-state index contributed by atoms with van der Waals surface area (Å²) >= 11 is 0. The lowest BCUT2D eigenvalue weighted by molar-refractivity contribution is 0.136. The third kappa shape index (κ3) is 3.45. The number of aryl methyl sites for hydroxylation is 1. The van der Waals surface area contributed by atoms with Crippen molar-refractivity contribution in [1.29, 1.82) is 0 Å². The second kappa shape index (κ2) is 6.35. The van der Waals surface area contributed by atoms with Crippen LogP contribution in [0.25, 0.3) is 0 Å². The van der Waals surface area contributed by atoms with Crippen molar-refractivity contribution in [3.63, 3.8) is 0 Å². The van der Waals surface area contributed by atoms with Gasteiger partial charge in [0.15, 0.2) is 0 Å². The molecule has 106 valence electrons. The number of nitrogens with zero attached hydrogens (tertiary/aromatic N) is 2. The first-order valence-corrected chi connectivity index (χ1v) is 7.21. The van der Waals surface area contributed by atoms with Crippen molar-refractivity contribution in [3.05, 3.63) is 23.4 Å². The Morgan fingerprint density at radius 3 is 2.95 bits per heavy atom. The molecule has 0 radical (unpaired) electrons. The molecule has 1 aliphatic heterocycles. The van der Waals surface area contributed by atoms with Crippen LogP contribution in [0.3, 0.4) is 0 Å². The molecule has 2 heterocycles. The fourth-order valence-corrected chi connectivity index (χ4v) is 2.70. The van der Waals surface area contributed by atoms with Crippen LogP contribution in [-0.4, -0.2) is 35.8 Å². The minimum Gasteiger partial charge on any atom is -0.393 e. The highest BCUT2D eigenvalue weighted by Crippen LogP contribution is 2.26. The van der Waals surface area contributed by atoms with Crippen LogP contribution in [-0.2, 0) is 6.54 Å². The Labute approximate surface area is 115 Å². The molecular formula is C15H25N3O. The Morgan fingerprint density at radius 1 is 1.58 bits per heavy atom. The molecule has 0 spiro atoms. The third-order valence-corrected chi connectivity index (χ3v) is 3.89. The first-order chi connectivity index (χ1) is 9.11. The monoisotopic (exact) mass is 263 g/mol. The first kappa shape index (κ1) is 14.3. The van der Waals surface area contributed by atoms with Crippen LogP contribution < -0.4 is 10.2 Å². The highest BCUT2D eigenvalue weighted by molar-refractivity contribution is 5.48. The number of rotatable bonds is 5. The number of anilines is 1. The lowest BCUT2D eigenvalue weighted by Crippen LogP contribution is -2.25. The zero-order valence-corrected chi connectivity index (χ0v) is 12.2. The average Bonchev–Trinajstić information content (AvgIpc) is 2.86. The van der Waals surface area contributed by atoms with E-state index in [-0.39, 0.29) is 6.10 Å². The van der Waals surface area contributed by atoms with Crippen molar-refractivity contribution in [2.75, 3.05) is 24.5 Å². The molecule has 0 bridgehead atoms. The van der Waals surface area contributed by atoms with E-state index in [9.17, 15) is 5.11 Å². The van der Waals surface area contributed by atoms with Gasteiger partial charge in [-0.05, 0) is 44.0 Å². The van der Waals surface area contributed by atoms with Crippen molar-refractivity contribution in [3.8, 4) is 0 Å². The van der Waals surface area contributed by atoms with Gasteiger partial charge in [-0.25, -0.2) is 4.98 Å². The van der Waals surface area contributed by atoms with Crippen molar-refractivity contribution in [2.45, 2.75) is 39.8 Å². The Hall–Kier alpha value is -1.13. The standard InChI is InChI=1S/C15H25N3O/c1-4-16-8-13-7-11(2)15(17-9-13)18-6-5-14(10-18)12(3)19/h7,9,12,14,16,19H,4-6,8,10H2,1-3H3. The van der Waals surface area contributed by atoms with Gasteiger partial charge in [0.2, 0.25) is 0 Å². The summed E-state index contributed by atoms with van der Waals surface area (Å²) in [4.78, 5) is 6.91. The average molecular weight is 263 g/mol. The molecule has 4 nitrogen and oxygen atoms in total. The zero-order chi connectivity index (χ0) is 13.8. The Morgan fingerprint density at radius 2 is 2.37 bits per heavy atom. The molecule has 1 saturated heterocycles. The van der Waals surface area contributed by atoms with Crippen molar-refractivity contribution >= 4 is 5.82 Å². The molecule has 1 fully saturated rings. The molecule has 4 heteroatoms. The van der Waals surface area contributed by atoms with E-state index in [2.05, 4.69) is 35.1 Å². The first-order valence-electron chi connectivity index (χ1n) is 7.21. The highest BCUT2D eigenvalue weighted by atomic mass is 16.3. The van der Waals surface area contributed by atoms with Gasteiger partial charge < -0.3 is 15.3 Å². The predicted octanol–water partition coefficient (Wildman–Crippen LogP) is 1.71. The number of aliphatic hydroxyl groups excluding tert-OH is 1. The molecule has 2 rings (SSSR count). The van der Waals surface area contributed by atoms with Gasteiger partial charge in [-0.2, -0.15) is 0 Å². The van der Waals surface area contributed by atoms with E-state index in [0.717, 1.165) is 38.4 Å². The second-order valence-corrected chi connectivity index (χ2v) is 5.50. The van der Waals surface area contributed by atoms with Gasteiger partial charge in [-0.15, -0.1) is 0 Å². The van der Waals surface area contributed by atoms with Crippen LogP contribution in [0, 0.1) is 12.8 Å². The van der Waals surface area contributed by atoms with E-state index < -0.39 is 0 Å². The van der Waals surface area contributed by atoms with Crippen molar-refractivity contribution in [1.82, 2.24) is 10.3 Å². The topological polar surface area (TPSA) is 48.4 Å². The molecule has 1 aliphatic rings. The molecule has 2 N–H and O–H groups in total. The molecule has 0 saturated carbocycles. The molecule has 0 aliphatic carbocycles. The van der Waals surface area contributed by atoms with Crippen LogP contribution in [0.15, 0.2) is 12.3 Å². The Bertz CT molecular complexity index is 420. The lowest BCUT2D eigenvalue weighted by atomic mass is 10.0. The summed E-state index contributed by atoms with van der Waals surface area (Å²) in [5.74, 6) is 1.45. The van der Waals surface area contributed by atoms with Gasteiger partial charge in [-0.3, -0.25) is 0 Å².